The van der Waals surface area contributed by atoms with Gasteiger partial charge in [0.25, 0.3) is 0 Å². The molecule has 0 fully saturated rings. The van der Waals surface area contributed by atoms with E-state index in [1.165, 1.54) is 0 Å². The van der Waals surface area contributed by atoms with Crippen LogP contribution >= 0.6 is 11.6 Å². The fourth-order valence-corrected chi connectivity index (χ4v) is 2.05. The van der Waals surface area contributed by atoms with Crippen molar-refractivity contribution in [3.63, 3.8) is 0 Å². The van der Waals surface area contributed by atoms with E-state index in [-0.39, 0.29) is 5.82 Å². The van der Waals surface area contributed by atoms with E-state index in [1.54, 1.807) is 11.9 Å². The fraction of sp³-hybridized carbons (Fsp3) is 0.286. The van der Waals surface area contributed by atoms with Crippen molar-refractivity contribution < 1.29 is 13.2 Å². The van der Waals surface area contributed by atoms with Crippen molar-refractivity contribution in [3.8, 4) is 0 Å². The van der Waals surface area contributed by atoms with E-state index in [9.17, 15) is 13.2 Å². The highest BCUT2D eigenvalue weighted by Gasteiger charge is 2.33. The van der Waals surface area contributed by atoms with Crippen LogP contribution < -0.4 is 4.90 Å². The molecule has 1 aromatic carbocycles. The van der Waals surface area contributed by atoms with E-state index in [0.29, 0.717) is 6.54 Å². The van der Waals surface area contributed by atoms with Crippen molar-refractivity contribution in [2.24, 2.45) is 0 Å². The van der Waals surface area contributed by atoms with Gasteiger partial charge in [-0.05, 0) is 29.7 Å². The summed E-state index contributed by atoms with van der Waals surface area (Å²) >= 11 is 5.59. The van der Waals surface area contributed by atoms with Crippen molar-refractivity contribution in [2.45, 2.75) is 19.6 Å². The molecule has 0 N–H and O–H groups in total. The molecular formula is C14H13ClF3N3. The molecule has 0 atom stereocenters. The smallest absolute Gasteiger partial charge is 0.355 e. The van der Waals surface area contributed by atoms with Crippen LogP contribution in [0.15, 0.2) is 30.3 Å². The molecule has 21 heavy (non-hydrogen) atoms. The summed E-state index contributed by atoms with van der Waals surface area (Å²) in [4.78, 5) is 8.67. The number of benzene rings is 1. The maximum Gasteiger partial charge on any atom is 0.433 e. The van der Waals surface area contributed by atoms with Crippen LogP contribution in [0.1, 0.15) is 16.8 Å². The molecule has 112 valence electrons. The summed E-state index contributed by atoms with van der Waals surface area (Å²) in [5.41, 5.74) is 1.01. The van der Waals surface area contributed by atoms with Crippen molar-refractivity contribution in [1.82, 2.24) is 9.97 Å². The number of rotatable bonds is 3. The average Bonchev–Trinajstić information content (AvgIpc) is 2.39. The Bertz CT molecular complexity index is 644. The van der Waals surface area contributed by atoms with Crippen LogP contribution in [0.4, 0.5) is 19.0 Å². The summed E-state index contributed by atoms with van der Waals surface area (Å²) in [6, 6.07) is 8.53. The lowest BCUT2D eigenvalue weighted by atomic mass is 10.1. The Balaban J connectivity index is 2.29. The SMILES string of the molecule is Cc1ccccc1CN(C)c1cc(C(F)(F)F)nc(Cl)n1. The molecule has 0 unspecified atom stereocenters. The van der Waals surface area contributed by atoms with Crippen LogP contribution in [0.2, 0.25) is 5.28 Å². The Morgan fingerprint density at radius 3 is 2.48 bits per heavy atom. The van der Waals surface area contributed by atoms with E-state index in [2.05, 4.69) is 9.97 Å². The molecule has 1 aromatic heterocycles. The third-order valence-corrected chi connectivity index (χ3v) is 3.20. The Kier molecular flexibility index (Phi) is 4.37. The predicted molar refractivity (Wildman–Crippen MR) is 75.3 cm³/mol. The number of anilines is 1. The number of nitrogens with zero attached hydrogens (tertiary/aromatic N) is 3. The minimum absolute atomic E-state index is 0.130. The second-order valence-electron chi connectivity index (χ2n) is 4.66. The second-order valence-corrected chi connectivity index (χ2v) is 5.00. The summed E-state index contributed by atoms with van der Waals surface area (Å²) in [5.74, 6) is 0.130. The third-order valence-electron chi connectivity index (χ3n) is 3.04. The van der Waals surface area contributed by atoms with Gasteiger partial charge in [0.15, 0.2) is 5.69 Å². The first kappa shape index (κ1) is 15.6. The van der Waals surface area contributed by atoms with Crippen molar-refractivity contribution >= 4 is 17.4 Å². The van der Waals surface area contributed by atoms with Gasteiger partial charge in [-0.1, -0.05) is 24.3 Å². The molecule has 0 radical (unpaired) electrons. The quantitative estimate of drug-likeness (QED) is 0.799. The third kappa shape index (κ3) is 3.85. The van der Waals surface area contributed by atoms with Crippen molar-refractivity contribution in [1.29, 1.82) is 0 Å². The van der Waals surface area contributed by atoms with Gasteiger partial charge >= 0.3 is 6.18 Å². The molecule has 2 aromatic rings. The standard InChI is InChI=1S/C14H13ClF3N3/c1-9-5-3-4-6-10(9)8-21(2)12-7-11(14(16,17)18)19-13(15)20-12/h3-7H,8H2,1-2H3. The average molecular weight is 316 g/mol. The van der Waals surface area contributed by atoms with Crippen LogP contribution in [0, 0.1) is 6.92 Å². The Hall–Kier alpha value is -1.82. The van der Waals surface area contributed by atoms with Crippen LogP contribution in [-0.4, -0.2) is 17.0 Å². The lowest BCUT2D eigenvalue weighted by Gasteiger charge is -2.20. The maximum absolute atomic E-state index is 12.7. The highest BCUT2D eigenvalue weighted by molar-refractivity contribution is 6.28. The van der Waals surface area contributed by atoms with Crippen molar-refractivity contribution in [3.05, 3.63) is 52.4 Å². The molecule has 0 aliphatic carbocycles. The van der Waals surface area contributed by atoms with E-state index >= 15 is 0 Å². The first-order valence-electron chi connectivity index (χ1n) is 6.15. The monoisotopic (exact) mass is 315 g/mol. The molecule has 1 heterocycles. The minimum Gasteiger partial charge on any atom is -0.355 e. The molecule has 7 heteroatoms. The van der Waals surface area contributed by atoms with Gasteiger partial charge in [-0.2, -0.15) is 13.2 Å². The Morgan fingerprint density at radius 2 is 1.86 bits per heavy atom. The zero-order valence-corrected chi connectivity index (χ0v) is 12.2. The topological polar surface area (TPSA) is 29.0 Å². The van der Waals surface area contributed by atoms with E-state index in [1.807, 2.05) is 31.2 Å². The summed E-state index contributed by atoms with van der Waals surface area (Å²) in [7, 11) is 1.66. The molecule has 0 saturated heterocycles. The van der Waals surface area contributed by atoms with Gasteiger partial charge in [-0.3, -0.25) is 0 Å². The normalized spacial score (nSPS) is 11.5. The van der Waals surface area contributed by atoms with Gasteiger partial charge < -0.3 is 4.90 Å². The van der Waals surface area contributed by atoms with Crippen LogP contribution in [-0.2, 0) is 12.7 Å². The summed E-state index contributed by atoms with van der Waals surface area (Å²) in [6.07, 6.45) is -4.55. The van der Waals surface area contributed by atoms with E-state index in [0.717, 1.165) is 17.2 Å². The molecule has 0 amide bonds. The summed E-state index contributed by atoms with van der Waals surface area (Å²) in [6.45, 7) is 2.37. The van der Waals surface area contributed by atoms with Gasteiger partial charge in [-0.15, -0.1) is 0 Å². The highest BCUT2D eigenvalue weighted by atomic mass is 35.5. The predicted octanol–water partition coefficient (Wildman–Crippen LogP) is 4.09. The van der Waals surface area contributed by atoms with E-state index < -0.39 is 17.2 Å². The molecule has 0 saturated carbocycles. The Labute approximate surface area is 125 Å². The Morgan fingerprint density at radius 1 is 1.19 bits per heavy atom. The number of hydrogen-bond acceptors (Lipinski definition) is 3. The molecule has 0 spiro atoms. The van der Waals surface area contributed by atoms with Gasteiger partial charge in [-0.25, -0.2) is 9.97 Å². The number of alkyl halides is 3. The number of aryl methyl sites for hydroxylation is 1. The number of aromatic nitrogens is 2. The van der Waals surface area contributed by atoms with Gasteiger partial charge in [0.2, 0.25) is 5.28 Å². The lowest BCUT2D eigenvalue weighted by molar-refractivity contribution is -0.141. The van der Waals surface area contributed by atoms with Crippen LogP contribution in [0.5, 0.6) is 0 Å². The lowest BCUT2D eigenvalue weighted by Crippen LogP contribution is -2.20. The van der Waals surface area contributed by atoms with Crippen molar-refractivity contribution in [2.75, 3.05) is 11.9 Å². The zero-order valence-electron chi connectivity index (χ0n) is 11.4. The van der Waals surface area contributed by atoms with Crippen LogP contribution in [0.25, 0.3) is 0 Å². The second kappa shape index (κ2) is 5.89. The molecule has 3 nitrogen and oxygen atoms in total. The van der Waals surface area contributed by atoms with Gasteiger partial charge in [0, 0.05) is 19.7 Å². The van der Waals surface area contributed by atoms with Gasteiger partial charge in [0.05, 0.1) is 0 Å². The maximum atomic E-state index is 12.7. The fourth-order valence-electron chi connectivity index (χ4n) is 1.87. The largest absolute Gasteiger partial charge is 0.433 e. The summed E-state index contributed by atoms with van der Waals surface area (Å²) < 4.78 is 38.2. The first-order chi connectivity index (χ1) is 9.77. The van der Waals surface area contributed by atoms with Crippen LogP contribution in [0.3, 0.4) is 0 Å². The molecule has 0 bridgehead atoms. The van der Waals surface area contributed by atoms with Gasteiger partial charge in [0.1, 0.15) is 5.82 Å². The molecule has 2 rings (SSSR count). The summed E-state index contributed by atoms with van der Waals surface area (Å²) in [5, 5.41) is -0.420. The first-order valence-corrected chi connectivity index (χ1v) is 6.52. The molecule has 0 aliphatic rings. The van der Waals surface area contributed by atoms with E-state index in [4.69, 9.17) is 11.6 Å². The minimum atomic E-state index is -4.55. The molecule has 0 aliphatic heterocycles. The highest BCUT2D eigenvalue weighted by Crippen LogP contribution is 2.30. The molecular weight excluding hydrogens is 303 g/mol. The zero-order chi connectivity index (χ0) is 15.6. The number of hydrogen-bond donors (Lipinski definition) is 0. The number of halogens is 4.